The van der Waals surface area contributed by atoms with Crippen molar-refractivity contribution < 1.29 is 9.59 Å². The van der Waals surface area contributed by atoms with E-state index in [0.717, 1.165) is 24.5 Å². The highest BCUT2D eigenvalue weighted by atomic mass is 35.5. The van der Waals surface area contributed by atoms with E-state index in [1.165, 1.54) is 0 Å². The predicted molar refractivity (Wildman–Crippen MR) is 101 cm³/mol. The van der Waals surface area contributed by atoms with Crippen LogP contribution in [0.5, 0.6) is 0 Å². The smallest absolute Gasteiger partial charge is 0.253 e. The Hall–Kier alpha value is -2.60. The summed E-state index contributed by atoms with van der Waals surface area (Å²) >= 11 is 5.85. The number of nitrogens with one attached hydrogen (secondary N) is 1. The fourth-order valence-corrected chi connectivity index (χ4v) is 2.97. The summed E-state index contributed by atoms with van der Waals surface area (Å²) < 4.78 is 0. The number of aromatic nitrogens is 1. The van der Waals surface area contributed by atoms with Crippen molar-refractivity contribution in [3.05, 3.63) is 58.7 Å². The SMILES string of the molecule is CC(=O)N1CCN(c2ccc(C(=O)NCc3ccc(Cl)cc3)cn2)CC1. The summed E-state index contributed by atoms with van der Waals surface area (Å²) in [6.07, 6.45) is 1.59. The van der Waals surface area contributed by atoms with Gasteiger partial charge in [0, 0.05) is 50.9 Å². The molecule has 0 bridgehead atoms. The summed E-state index contributed by atoms with van der Waals surface area (Å²) in [6.45, 7) is 4.90. The number of amides is 2. The zero-order valence-electron chi connectivity index (χ0n) is 14.6. The highest BCUT2D eigenvalue weighted by molar-refractivity contribution is 6.30. The second-order valence-corrected chi connectivity index (χ2v) is 6.64. The number of carbonyl (C=O) groups excluding carboxylic acids is 2. The Morgan fingerprint density at radius 1 is 1.08 bits per heavy atom. The molecule has 2 amide bonds. The summed E-state index contributed by atoms with van der Waals surface area (Å²) in [5.74, 6) is 0.758. The van der Waals surface area contributed by atoms with E-state index in [4.69, 9.17) is 11.6 Å². The standard InChI is InChI=1S/C19H21ClN4O2/c1-14(25)23-8-10-24(11-9-23)18-7-4-16(13-21-18)19(26)22-12-15-2-5-17(20)6-3-15/h2-7,13H,8-12H2,1H3,(H,22,26). The molecular formula is C19H21ClN4O2. The number of halogens is 1. The maximum absolute atomic E-state index is 12.3. The molecule has 0 saturated carbocycles. The number of nitrogens with zero attached hydrogens (tertiary/aromatic N) is 3. The average molecular weight is 373 g/mol. The van der Waals surface area contributed by atoms with Gasteiger partial charge in [0.25, 0.3) is 5.91 Å². The van der Waals surface area contributed by atoms with Crippen LogP contribution >= 0.6 is 11.6 Å². The van der Waals surface area contributed by atoms with Crippen LogP contribution in [0.3, 0.4) is 0 Å². The number of benzene rings is 1. The van der Waals surface area contributed by atoms with Crippen molar-refractivity contribution in [2.75, 3.05) is 31.1 Å². The molecule has 0 atom stereocenters. The van der Waals surface area contributed by atoms with E-state index in [1.54, 1.807) is 31.3 Å². The molecule has 7 heteroatoms. The van der Waals surface area contributed by atoms with Crippen LogP contribution in [-0.2, 0) is 11.3 Å². The molecule has 1 fully saturated rings. The van der Waals surface area contributed by atoms with Crippen molar-refractivity contribution in [3.8, 4) is 0 Å². The monoisotopic (exact) mass is 372 g/mol. The zero-order valence-corrected chi connectivity index (χ0v) is 15.4. The minimum atomic E-state index is -0.166. The molecule has 1 N–H and O–H groups in total. The lowest BCUT2D eigenvalue weighted by molar-refractivity contribution is -0.129. The van der Waals surface area contributed by atoms with Gasteiger partial charge in [0.05, 0.1) is 5.56 Å². The summed E-state index contributed by atoms with van der Waals surface area (Å²) in [5, 5.41) is 3.54. The molecule has 1 aromatic carbocycles. The van der Waals surface area contributed by atoms with Crippen LogP contribution in [0.4, 0.5) is 5.82 Å². The highest BCUT2D eigenvalue weighted by Gasteiger charge is 2.19. The third-order valence-corrected chi connectivity index (χ3v) is 4.68. The number of piperazine rings is 1. The van der Waals surface area contributed by atoms with E-state index in [0.29, 0.717) is 30.2 Å². The van der Waals surface area contributed by atoms with Gasteiger partial charge < -0.3 is 15.1 Å². The number of rotatable bonds is 4. The molecule has 2 heterocycles. The molecule has 1 aliphatic heterocycles. The van der Waals surface area contributed by atoms with Gasteiger partial charge in [0.15, 0.2) is 0 Å². The Morgan fingerprint density at radius 3 is 2.35 bits per heavy atom. The molecule has 0 aliphatic carbocycles. The first kappa shape index (κ1) is 18.2. The molecule has 26 heavy (non-hydrogen) atoms. The Morgan fingerprint density at radius 2 is 1.77 bits per heavy atom. The van der Waals surface area contributed by atoms with Gasteiger partial charge in [-0.1, -0.05) is 23.7 Å². The molecule has 2 aromatic rings. The predicted octanol–water partition coefficient (Wildman–Crippen LogP) is 2.33. The number of hydrogen-bond donors (Lipinski definition) is 1. The van der Waals surface area contributed by atoms with Crippen molar-refractivity contribution in [3.63, 3.8) is 0 Å². The van der Waals surface area contributed by atoms with Gasteiger partial charge in [0.1, 0.15) is 5.82 Å². The highest BCUT2D eigenvalue weighted by Crippen LogP contribution is 2.14. The fraction of sp³-hybridized carbons (Fsp3) is 0.316. The van der Waals surface area contributed by atoms with E-state index >= 15 is 0 Å². The normalized spacial score (nSPS) is 14.2. The molecule has 1 aliphatic rings. The summed E-state index contributed by atoms with van der Waals surface area (Å²) in [6, 6.07) is 11.0. The van der Waals surface area contributed by atoms with Gasteiger partial charge in [-0.2, -0.15) is 0 Å². The van der Waals surface area contributed by atoms with Crippen LogP contribution < -0.4 is 10.2 Å². The first-order valence-electron chi connectivity index (χ1n) is 8.52. The molecule has 0 spiro atoms. The Balaban J connectivity index is 1.54. The Bertz CT molecular complexity index is 769. The lowest BCUT2D eigenvalue weighted by Gasteiger charge is -2.34. The third kappa shape index (κ3) is 4.52. The van der Waals surface area contributed by atoms with Gasteiger partial charge in [-0.15, -0.1) is 0 Å². The zero-order chi connectivity index (χ0) is 18.5. The number of pyridine rings is 1. The second kappa shape index (κ2) is 8.19. The number of carbonyl (C=O) groups is 2. The summed E-state index contributed by atoms with van der Waals surface area (Å²) in [7, 11) is 0. The number of hydrogen-bond acceptors (Lipinski definition) is 4. The molecule has 6 nitrogen and oxygen atoms in total. The van der Waals surface area contributed by atoms with Gasteiger partial charge in [-0.25, -0.2) is 4.98 Å². The van der Waals surface area contributed by atoms with E-state index in [9.17, 15) is 9.59 Å². The first-order chi connectivity index (χ1) is 12.5. The van der Waals surface area contributed by atoms with Crippen molar-refractivity contribution in [1.82, 2.24) is 15.2 Å². The van der Waals surface area contributed by atoms with Crippen LogP contribution in [-0.4, -0.2) is 47.9 Å². The van der Waals surface area contributed by atoms with Crippen LogP contribution in [0.2, 0.25) is 5.02 Å². The molecule has 136 valence electrons. The summed E-state index contributed by atoms with van der Waals surface area (Å²) in [5.41, 5.74) is 1.50. The van der Waals surface area contributed by atoms with Crippen LogP contribution in [0, 0.1) is 0 Å². The fourth-order valence-electron chi connectivity index (χ4n) is 2.84. The average Bonchev–Trinajstić information content (AvgIpc) is 2.67. The molecule has 1 saturated heterocycles. The maximum Gasteiger partial charge on any atom is 0.253 e. The number of anilines is 1. The largest absolute Gasteiger partial charge is 0.353 e. The van der Waals surface area contributed by atoms with E-state index in [2.05, 4.69) is 15.2 Å². The van der Waals surface area contributed by atoms with E-state index in [1.807, 2.05) is 23.1 Å². The van der Waals surface area contributed by atoms with Crippen molar-refractivity contribution in [1.29, 1.82) is 0 Å². The van der Waals surface area contributed by atoms with Crippen molar-refractivity contribution in [2.45, 2.75) is 13.5 Å². The molecule has 0 radical (unpaired) electrons. The third-order valence-electron chi connectivity index (χ3n) is 4.43. The van der Waals surface area contributed by atoms with E-state index < -0.39 is 0 Å². The Labute approximate surface area is 157 Å². The molecular weight excluding hydrogens is 352 g/mol. The van der Waals surface area contributed by atoms with Crippen LogP contribution in [0.25, 0.3) is 0 Å². The van der Waals surface area contributed by atoms with Gasteiger partial charge in [0.2, 0.25) is 5.91 Å². The molecule has 1 aromatic heterocycles. The minimum absolute atomic E-state index is 0.102. The van der Waals surface area contributed by atoms with Gasteiger partial charge in [-0.05, 0) is 29.8 Å². The van der Waals surface area contributed by atoms with Crippen LogP contribution in [0.15, 0.2) is 42.6 Å². The first-order valence-corrected chi connectivity index (χ1v) is 8.90. The van der Waals surface area contributed by atoms with Crippen molar-refractivity contribution in [2.24, 2.45) is 0 Å². The maximum atomic E-state index is 12.3. The van der Waals surface area contributed by atoms with Gasteiger partial charge in [-0.3, -0.25) is 9.59 Å². The minimum Gasteiger partial charge on any atom is -0.353 e. The van der Waals surface area contributed by atoms with Crippen molar-refractivity contribution >= 4 is 29.2 Å². The quantitative estimate of drug-likeness (QED) is 0.894. The van der Waals surface area contributed by atoms with Gasteiger partial charge >= 0.3 is 0 Å². The van der Waals surface area contributed by atoms with Crippen LogP contribution in [0.1, 0.15) is 22.8 Å². The van der Waals surface area contributed by atoms with E-state index in [-0.39, 0.29) is 11.8 Å². The lowest BCUT2D eigenvalue weighted by atomic mass is 10.2. The second-order valence-electron chi connectivity index (χ2n) is 6.21. The summed E-state index contributed by atoms with van der Waals surface area (Å²) in [4.78, 5) is 32.0. The topological polar surface area (TPSA) is 65.5 Å². The molecule has 0 unspecified atom stereocenters. The molecule has 3 rings (SSSR count). The lowest BCUT2D eigenvalue weighted by Crippen LogP contribution is -2.48. The Kier molecular flexibility index (Phi) is 5.73.